The number of rotatable bonds is 8. The second-order valence-corrected chi connectivity index (χ2v) is 9.04. The highest BCUT2D eigenvalue weighted by molar-refractivity contribution is 9.10. The van der Waals surface area contributed by atoms with Crippen LogP contribution >= 0.6 is 15.9 Å². The topological polar surface area (TPSA) is 114 Å². The summed E-state index contributed by atoms with van der Waals surface area (Å²) >= 11 is 3.49. The second-order valence-electron chi connectivity index (χ2n) is 8.19. The molecule has 39 heavy (non-hydrogen) atoms. The van der Waals surface area contributed by atoms with E-state index in [1.165, 1.54) is 25.1 Å². The van der Waals surface area contributed by atoms with Crippen LogP contribution in [0.15, 0.2) is 79.4 Å². The van der Waals surface area contributed by atoms with E-state index in [0.29, 0.717) is 49.5 Å². The molecule has 0 aliphatic carbocycles. The highest BCUT2D eigenvalue weighted by Gasteiger charge is 2.18. The standard InChI is InChI=1S/C28H22BrN3O7/c1-35-21-9-6-10-22-18(21)12-25(39-22)27-31-20-8-5-4-7-17(20)28(34)32(27)30-14-16-11-23(36-2)24(13-19(16)29)38-15-26(33)37-3/h4-14H,15H2,1-3H3. The van der Waals surface area contributed by atoms with Gasteiger partial charge in [0.2, 0.25) is 5.82 Å². The third-order valence-electron chi connectivity index (χ3n) is 5.88. The lowest BCUT2D eigenvalue weighted by molar-refractivity contribution is -0.142. The Labute approximate surface area is 230 Å². The number of aromatic nitrogens is 2. The van der Waals surface area contributed by atoms with Gasteiger partial charge in [-0.1, -0.05) is 18.2 Å². The van der Waals surface area contributed by atoms with Crippen LogP contribution in [-0.4, -0.2) is 49.8 Å². The van der Waals surface area contributed by atoms with Gasteiger partial charge >= 0.3 is 5.97 Å². The van der Waals surface area contributed by atoms with E-state index in [4.69, 9.17) is 23.6 Å². The Hall–Kier alpha value is -4.64. The summed E-state index contributed by atoms with van der Waals surface area (Å²) in [4.78, 5) is 29.8. The highest BCUT2D eigenvalue weighted by Crippen LogP contribution is 2.34. The normalized spacial score (nSPS) is 11.3. The number of ether oxygens (including phenoxy) is 4. The van der Waals surface area contributed by atoms with E-state index < -0.39 is 5.97 Å². The number of fused-ring (bicyclic) bond motifs is 2. The predicted molar refractivity (Wildman–Crippen MR) is 149 cm³/mol. The van der Waals surface area contributed by atoms with Gasteiger partial charge in [0.25, 0.3) is 5.56 Å². The minimum absolute atomic E-state index is 0.217. The molecule has 0 unspecified atom stereocenters. The van der Waals surface area contributed by atoms with Gasteiger partial charge in [0.05, 0.1) is 43.8 Å². The molecule has 2 heterocycles. The zero-order chi connectivity index (χ0) is 27.5. The maximum absolute atomic E-state index is 13.6. The van der Waals surface area contributed by atoms with Gasteiger partial charge in [-0.15, -0.1) is 0 Å². The van der Waals surface area contributed by atoms with E-state index in [0.717, 1.165) is 5.39 Å². The van der Waals surface area contributed by atoms with Gasteiger partial charge in [0, 0.05) is 10.0 Å². The summed E-state index contributed by atoms with van der Waals surface area (Å²) in [7, 11) is 4.33. The molecule has 0 radical (unpaired) electrons. The molecule has 5 aromatic rings. The summed E-state index contributed by atoms with van der Waals surface area (Å²) < 4.78 is 28.8. The van der Waals surface area contributed by atoms with E-state index in [9.17, 15) is 9.59 Å². The van der Waals surface area contributed by atoms with Crippen LogP contribution in [0.1, 0.15) is 5.56 Å². The minimum atomic E-state index is -0.530. The lowest BCUT2D eigenvalue weighted by atomic mass is 10.2. The Balaban J connectivity index is 1.62. The van der Waals surface area contributed by atoms with Crippen molar-refractivity contribution in [2.75, 3.05) is 27.9 Å². The van der Waals surface area contributed by atoms with Gasteiger partial charge in [-0.2, -0.15) is 9.78 Å². The van der Waals surface area contributed by atoms with Gasteiger partial charge < -0.3 is 23.4 Å². The van der Waals surface area contributed by atoms with Crippen molar-refractivity contribution in [1.29, 1.82) is 0 Å². The summed E-state index contributed by atoms with van der Waals surface area (Å²) in [6, 6.07) is 17.5. The molecule has 0 bridgehead atoms. The zero-order valence-electron chi connectivity index (χ0n) is 21.1. The fraction of sp³-hybridized carbons (Fsp3) is 0.143. The van der Waals surface area contributed by atoms with Gasteiger partial charge in [-0.25, -0.2) is 9.78 Å². The van der Waals surface area contributed by atoms with E-state index in [2.05, 4.69) is 25.8 Å². The molecule has 198 valence electrons. The van der Waals surface area contributed by atoms with E-state index in [1.807, 2.05) is 12.1 Å². The quantitative estimate of drug-likeness (QED) is 0.182. The predicted octanol–water partition coefficient (Wildman–Crippen LogP) is 5.02. The van der Waals surface area contributed by atoms with Crippen molar-refractivity contribution in [3.05, 3.63) is 81.1 Å². The number of carbonyl (C=O) groups excluding carboxylic acids is 1. The van der Waals surface area contributed by atoms with Crippen molar-refractivity contribution < 1.29 is 28.2 Å². The maximum Gasteiger partial charge on any atom is 0.343 e. The fourth-order valence-electron chi connectivity index (χ4n) is 3.95. The molecule has 0 aliphatic heterocycles. The molecule has 0 amide bonds. The number of para-hydroxylation sites is 1. The van der Waals surface area contributed by atoms with Crippen LogP contribution in [0, 0.1) is 0 Å². The van der Waals surface area contributed by atoms with Gasteiger partial charge in [0.1, 0.15) is 11.3 Å². The number of esters is 1. The van der Waals surface area contributed by atoms with Crippen molar-refractivity contribution >= 4 is 50.0 Å². The molecular formula is C28H22BrN3O7. The van der Waals surface area contributed by atoms with Crippen LogP contribution in [0.2, 0.25) is 0 Å². The van der Waals surface area contributed by atoms with Gasteiger partial charge in [-0.3, -0.25) is 4.79 Å². The van der Waals surface area contributed by atoms with Crippen molar-refractivity contribution in [2.45, 2.75) is 0 Å². The molecule has 10 nitrogen and oxygen atoms in total. The monoisotopic (exact) mass is 591 g/mol. The van der Waals surface area contributed by atoms with E-state index >= 15 is 0 Å². The molecule has 0 saturated heterocycles. The number of furan rings is 1. The Bertz CT molecular complexity index is 1790. The Morgan fingerprint density at radius 3 is 2.56 bits per heavy atom. The zero-order valence-corrected chi connectivity index (χ0v) is 22.7. The van der Waals surface area contributed by atoms with Crippen molar-refractivity contribution in [3.8, 4) is 28.8 Å². The third-order valence-corrected chi connectivity index (χ3v) is 6.57. The molecule has 0 spiro atoms. The number of nitrogens with zero attached hydrogens (tertiary/aromatic N) is 3. The lowest BCUT2D eigenvalue weighted by Crippen LogP contribution is -2.20. The number of methoxy groups -OCH3 is 3. The third kappa shape index (κ3) is 5.08. The fourth-order valence-corrected chi connectivity index (χ4v) is 4.38. The first-order valence-electron chi connectivity index (χ1n) is 11.6. The molecule has 0 atom stereocenters. The summed E-state index contributed by atoms with van der Waals surface area (Å²) in [5.74, 6) is 1.35. The molecular weight excluding hydrogens is 570 g/mol. The Morgan fingerprint density at radius 2 is 1.79 bits per heavy atom. The molecule has 2 aromatic heterocycles. The van der Waals surface area contributed by atoms with Crippen LogP contribution in [0.5, 0.6) is 17.2 Å². The molecule has 0 N–H and O–H groups in total. The molecule has 11 heteroatoms. The van der Waals surface area contributed by atoms with Crippen molar-refractivity contribution in [3.63, 3.8) is 0 Å². The van der Waals surface area contributed by atoms with Crippen LogP contribution in [-0.2, 0) is 9.53 Å². The number of hydrogen-bond donors (Lipinski definition) is 0. The summed E-state index contributed by atoms with van der Waals surface area (Å²) in [6.07, 6.45) is 1.49. The average molecular weight is 592 g/mol. The number of carbonyl (C=O) groups is 1. The first-order chi connectivity index (χ1) is 18.9. The maximum atomic E-state index is 13.6. The van der Waals surface area contributed by atoms with Crippen LogP contribution in [0.3, 0.4) is 0 Å². The lowest BCUT2D eigenvalue weighted by Gasteiger charge is -2.12. The first kappa shape index (κ1) is 26.0. The summed E-state index contributed by atoms with van der Waals surface area (Å²) in [5, 5.41) is 5.63. The molecule has 0 aliphatic rings. The smallest absolute Gasteiger partial charge is 0.343 e. The van der Waals surface area contributed by atoms with Gasteiger partial charge in [-0.05, 0) is 58.4 Å². The van der Waals surface area contributed by atoms with E-state index in [-0.39, 0.29) is 18.0 Å². The average Bonchev–Trinajstić information content (AvgIpc) is 3.40. The largest absolute Gasteiger partial charge is 0.496 e. The number of halogens is 1. The number of benzene rings is 3. The van der Waals surface area contributed by atoms with Crippen LogP contribution in [0.4, 0.5) is 0 Å². The molecule has 5 rings (SSSR count). The van der Waals surface area contributed by atoms with E-state index in [1.54, 1.807) is 55.6 Å². The molecule has 0 saturated carbocycles. The van der Waals surface area contributed by atoms with Gasteiger partial charge in [0.15, 0.2) is 23.9 Å². The Morgan fingerprint density at radius 1 is 1.00 bits per heavy atom. The summed E-state index contributed by atoms with van der Waals surface area (Å²) in [6.45, 7) is -0.281. The van der Waals surface area contributed by atoms with Crippen LogP contribution < -0.4 is 19.8 Å². The minimum Gasteiger partial charge on any atom is -0.496 e. The summed E-state index contributed by atoms with van der Waals surface area (Å²) in [5.41, 5.74) is 1.29. The Kier molecular flexibility index (Phi) is 7.33. The first-order valence-corrected chi connectivity index (χ1v) is 12.4. The highest BCUT2D eigenvalue weighted by atomic mass is 79.9. The van der Waals surface area contributed by atoms with Crippen molar-refractivity contribution in [2.24, 2.45) is 5.10 Å². The molecule has 3 aromatic carbocycles. The van der Waals surface area contributed by atoms with Crippen molar-refractivity contribution in [1.82, 2.24) is 9.66 Å². The SMILES string of the molecule is COC(=O)COc1cc(Br)c(C=Nn2c(-c3cc4c(OC)cccc4o3)nc3ccccc3c2=O)cc1OC. The van der Waals surface area contributed by atoms with Crippen LogP contribution in [0.25, 0.3) is 33.5 Å². The second kappa shape index (κ2) is 11.0. The molecule has 0 fully saturated rings. The number of hydrogen-bond acceptors (Lipinski definition) is 9.